The van der Waals surface area contributed by atoms with Crippen molar-refractivity contribution in [2.24, 2.45) is 0 Å². The average Bonchev–Trinajstić information content (AvgIpc) is 3.51. The van der Waals surface area contributed by atoms with Crippen LogP contribution in [-0.4, -0.2) is 77.7 Å². The molecule has 1 saturated heterocycles. The molecule has 0 atom stereocenters. The number of nitrogens with zero attached hydrogens (tertiary/aromatic N) is 2. The number of pyridine rings is 1. The van der Waals surface area contributed by atoms with E-state index in [0.29, 0.717) is 17.9 Å². The van der Waals surface area contributed by atoms with Gasteiger partial charge in [0.05, 0.1) is 26.4 Å². The zero-order valence-corrected chi connectivity index (χ0v) is 22.7. The van der Waals surface area contributed by atoms with E-state index in [1.807, 2.05) is 37.3 Å². The van der Waals surface area contributed by atoms with Gasteiger partial charge in [0, 0.05) is 47.7 Å². The normalized spacial score (nSPS) is 16.0. The van der Waals surface area contributed by atoms with Crippen molar-refractivity contribution in [1.82, 2.24) is 14.9 Å². The molecule has 0 unspecified atom stereocenters. The topological polar surface area (TPSA) is 143 Å². The van der Waals surface area contributed by atoms with Crippen molar-refractivity contribution in [1.29, 1.82) is 0 Å². The van der Waals surface area contributed by atoms with Gasteiger partial charge in [-0.3, -0.25) is 14.5 Å². The van der Waals surface area contributed by atoms with E-state index >= 15 is 0 Å². The number of esters is 1. The van der Waals surface area contributed by atoms with Crippen molar-refractivity contribution in [3.05, 3.63) is 76.6 Å². The molecule has 0 amide bonds. The number of carbonyl (C=O) groups is 3. The highest BCUT2D eigenvalue weighted by Crippen LogP contribution is 2.31. The summed E-state index contributed by atoms with van der Waals surface area (Å²) in [6, 6.07) is 9.39. The number of H-pyrrole nitrogens is 1. The van der Waals surface area contributed by atoms with Crippen molar-refractivity contribution >= 4 is 41.0 Å². The Bertz CT molecular complexity index is 1560. The third kappa shape index (κ3) is 7.19. The number of rotatable bonds is 6. The molecule has 1 aromatic carbocycles. The Morgan fingerprint density at radius 2 is 2.07 bits per heavy atom. The molecule has 2 aliphatic rings. The quantitative estimate of drug-likeness (QED) is 0.136. The third-order valence-corrected chi connectivity index (χ3v) is 6.25. The molecular formula is C30H30N4O7. The Balaban J connectivity index is 0.00000124. The number of Topliss-reactive ketones (excluding diaryl/α,β-unsaturated/α-hetero) is 1. The Labute approximate surface area is 236 Å². The largest absolute Gasteiger partial charge is 0.483 e. The van der Waals surface area contributed by atoms with Crippen LogP contribution in [-0.2, 0) is 28.6 Å². The van der Waals surface area contributed by atoms with Gasteiger partial charge < -0.3 is 29.6 Å². The predicted molar refractivity (Wildman–Crippen MR) is 151 cm³/mol. The predicted octanol–water partition coefficient (Wildman–Crippen LogP) is 3.08. The highest BCUT2D eigenvalue weighted by Gasteiger charge is 2.37. The van der Waals surface area contributed by atoms with Crippen LogP contribution >= 0.6 is 0 Å². The summed E-state index contributed by atoms with van der Waals surface area (Å²) in [6.07, 6.45) is 5.01. The van der Waals surface area contributed by atoms with Gasteiger partial charge in [-0.05, 0) is 55.8 Å². The number of fused-ring (bicyclic) bond motifs is 1. The first kappa shape index (κ1) is 29.1. The molecule has 3 aromatic rings. The lowest BCUT2D eigenvalue weighted by Crippen LogP contribution is -2.36. The van der Waals surface area contributed by atoms with Gasteiger partial charge in [-0.15, -0.1) is 0 Å². The summed E-state index contributed by atoms with van der Waals surface area (Å²) >= 11 is 0. The molecule has 0 aliphatic carbocycles. The number of benzene rings is 1. The van der Waals surface area contributed by atoms with Crippen LogP contribution in [0.3, 0.4) is 0 Å². The van der Waals surface area contributed by atoms with Gasteiger partial charge >= 0.3 is 5.97 Å². The minimum absolute atomic E-state index is 0.0172. The molecule has 0 saturated carbocycles. The van der Waals surface area contributed by atoms with E-state index in [1.54, 1.807) is 25.4 Å². The van der Waals surface area contributed by atoms with Gasteiger partial charge in [0.1, 0.15) is 5.65 Å². The highest BCUT2D eigenvalue weighted by molar-refractivity contribution is 6.26. The number of aryl methyl sites for hydroxylation is 1. The molecule has 5 rings (SSSR count). The average molecular weight is 559 g/mol. The van der Waals surface area contributed by atoms with E-state index in [-0.39, 0.29) is 30.3 Å². The van der Waals surface area contributed by atoms with Crippen LogP contribution in [0.25, 0.3) is 17.1 Å². The van der Waals surface area contributed by atoms with Gasteiger partial charge in [0.15, 0.2) is 11.3 Å². The zero-order chi connectivity index (χ0) is 29.2. The van der Waals surface area contributed by atoms with Crippen LogP contribution in [0.4, 0.5) is 5.69 Å². The lowest BCUT2D eigenvalue weighted by molar-refractivity contribution is -0.139. The molecule has 0 radical (unpaired) electrons. The number of hydrogen-bond donors (Lipinski definition) is 3. The smallest absolute Gasteiger partial charge is 0.347 e. The molecular weight excluding hydrogens is 528 g/mol. The Morgan fingerprint density at radius 3 is 2.80 bits per heavy atom. The highest BCUT2D eigenvalue weighted by atomic mass is 16.5. The molecule has 3 N–H and O–H groups in total. The van der Waals surface area contributed by atoms with E-state index in [0.717, 1.165) is 48.4 Å². The number of carboxylic acid groups (broad SMARTS) is 1. The Hall–Kier alpha value is -4.92. The monoisotopic (exact) mass is 558 g/mol. The first-order chi connectivity index (χ1) is 19.9. The van der Waals surface area contributed by atoms with Crippen molar-refractivity contribution in [3.8, 4) is 11.8 Å². The van der Waals surface area contributed by atoms with Crippen LogP contribution in [0.15, 0.2) is 59.9 Å². The van der Waals surface area contributed by atoms with Gasteiger partial charge in [-0.25, -0.2) is 9.78 Å². The van der Waals surface area contributed by atoms with E-state index in [9.17, 15) is 9.59 Å². The maximum Gasteiger partial charge on any atom is 0.347 e. The summed E-state index contributed by atoms with van der Waals surface area (Å²) in [5.41, 5.74) is 3.67. The number of anilines is 1. The number of nitrogens with one attached hydrogen (secondary N) is 2. The Kier molecular flexibility index (Phi) is 9.88. The number of aromatic amines is 1. The molecule has 11 nitrogen and oxygen atoms in total. The van der Waals surface area contributed by atoms with E-state index < -0.39 is 11.8 Å². The van der Waals surface area contributed by atoms with Crippen molar-refractivity contribution < 1.29 is 33.7 Å². The molecule has 212 valence electrons. The Morgan fingerprint density at radius 1 is 1.29 bits per heavy atom. The lowest BCUT2D eigenvalue weighted by Gasteiger charge is -2.24. The van der Waals surface area contributed by atoms with Crippen molar-refractivity contribution in [2.45, 2.75) is 13.8 Å². The van der Waals surface area contributed by atoms with Crippen LogP contribution in [0.2, 0.25) is 0 Å². The first-order valence-corrected chi connectivity index (χ1v) is 13.0. The SMILES string of the molecule is CCOC(=O)C1=C(Nc2ccc(C#CCN3CCOCC3)cc2C)OC(=Cc2c[nH]c3ncccc23)C1=O.O=CO. The molecule has 0 bridgehead atoms. The second kappa shape index (κ2) is 13.9. The standard InChI is InChI=1S/C29H28N4O5.CH2O2/c1-3-37-29(35)25-26(34)24(17-21-18-31-27-22(21)7-4-10-30-27)38-28(25)32-23-9-8-20(16-19(23)2)6-5-11-33-12-14-36-15-13-33;2-1-3/h4,7-10,16-18,32H,3,11-15H2,1-2H3,(H,30,31);1H,(H,2,3). The van der Waals surface area contributed by atoms with Gasteiger partial charge in [0.25, 0.3) is 6.47 Å². The fraction of sp³-hybridized carbons (Fsp3) is 0.267. The van der Waals surface area contributed by atoms with Crippen molar-refractivity contribution in [2.75, 3.05) is 44.8 Å². The second-order valence-electron chi connectivity index (χ2n) is 8.96. The number of hydrogen-bond acceptors (Lipinski definition) is 9. The van der Waals surface area contributed by atoms with E-state index in [2.05, 4.69) is 32.0 Å². The molecule has 41 heavy (non-hydrogen) atoms. The maximum absolute atomic E-state index is 13.2. The van der Waals surface area contributed by atoms with Crippen LogP contribution < -0.4 is 5.32 Å². The van der Waals surface area contributed by atoms with Crippen LogP contribution in [0.1, 0.15) is 23.6 Å². The van der Waals surface area contributed by atoms with Gasteiger partial charge in [0.2, 0.25) is 11.7 Å². The number of morpholine rings is 1. The number of aromatic nitrogens is 2. The second-order valence-corrected chi connectivity index (χ2v) is 8.96. The van der Waals surface area contributed by atoms with Crippen LogP contribution in [0.5, 0.6) is 0 Å². The number of allylic oxidation sites excluding steroid dienone is 1. The van der Waals surface area contributed by atoms with E-state index in [4.69, 9.17) is 24.1 Å². The minimum atomic E-state index is -0.743. The summed E-state index contributed by atoms with van der Waals surface area (Å²) in [5, 5.41) is 10.8. The van der Waals surface area contributed by atoms with Gasteiger partial charge in [-0.1, -0.05) is 11.8 Å². The molecule has 2 aliphatic heterocycles. The molecule has 0 spiro atoms. The first-order valence-electron chi connectivity index (χ1n) is 13.0. The molecule has 11 heteroatoms. The summed E-state index contributed by atoms with van der Waals surface area (Å²) in [4.78, 5) is 43.9. The molecule has 2 aromatic heterocycles. The van der Waals surface area contributed by atoms with Crippen molar-refractivity contribution in [3.63, 3.8) is 0 Å². The van der Waals surface area contributed by atoms with Crippen LogP contribution in [0, 0.1) is 18.8 Å². The summed E-state index contributed by atoms with van der Waals surface area (Å²) in [5.74, 6) is 5.18. The summed E-state index contributed by atoms with van der Waals surface area (Å²) < 4.78 is 16.4. The third-order valence-electron chi connectivity index (χ3n) is 6.25. The molecule has 1 fully saturated rings. The number of ether oxygens (including phenoxy) is 3. The fourth-order valence-electron chi connectivity index (χ4n) is 4.26. The summed E-state index contributed by atoms with van der Waals surface area (Å²) in [7, 11) is 0. The number of carbonyl (C=O) groups excluding carboxylic acids is 2. The fourth-order valence-corrected chi connectivity index (χ4v) is 4.26. The van der Waals surface area contributed by atoms with Gasteiger partial charge in [-0.2, -0.15) is 0 Å². The minimum Gasteiger partial charge on any atom is -0.483 e. The number of ketones is 1. The lowest BCUT2D eigenvalue weighted by atomic mass is 10.1. The molecule has 4 heterocycles. The zero-order valence-electron chi connectivity index (χ0n) is 22.7. The summed E-state index contributed by atoms with van der Waals surface area (Å²) in [6.45, 7) is 7.44. The van der Waals surface area contributed by atoms with E-state index in [1.165, 1.54) is 0 Å². The maximum atomic E-state index is 13.2.